The zero-order valence-electron chi connectivity index (χ0n) is 17.5. The summed E-state index contributed by atoms with van der Waals surface area (Å²) >= 11 is 0. The van der Waals surface area contributed by atoms with Crippen LogP contribution in [-0.4, -0.2) is 34.2 Å². The minimum absolute atomic E-state index is 0.228. The molecule has 0 radical (unpaired) electrons. The molecule has 0 saturated carbocycles. The molecule has 2 aromatic carbocycles. The summed E-state index contributed by atoms with van der Waals surface area (Å²) in [5, 5.41) is 15.4. The molecule has 2 heterocycles. The van der Waals surface area contributed by atoms with Crippen molar-refractivity contribution in [3.63, 3.8) is 0 Å². The number of hydrogen-bond acceptors (Lipinski definition) is 5. The lowest BCUT2D eigenvalue weighted by atomic mass is 9.85. The van der Waals surface area contributed by atoms with E-state index in [-0.39, 0.29) is 11.7 Å². The molecule has 4 N–H and O–H groups in total. The summed E-state index contributed by atoms with van der Waals surface area (Å²) in [6, 6.07) is 15.4. The number of fused-ring (bicyclic) bond motifs is 2. The third-order valence-corrected chi connectivity index (χ3v) is 5.76. The number of ether oxygens (including phenoxy) is 1. The average Bonchev–Trinajstić information content (AvgIpc) is 2.70. The van der Waals surface area contributed by atoms with Crippen LogP contribution in [-0.2, 0) is 6.42 Å². The second kappa shape index (κ2) is 7.70. The molecule has 156 valence electrons. The van der Waals surface area contributed by atoms with E-state index in [0.717, 1.165) is 22.9 Å². The molecule has 0 aliphatic carbocycles. The van der Waals surface area contributed by atoms with Gasteiger partial charge in [-0.05, 0) is 63.1 Å². The van der Waals surface area contributed by atoms with Crippen LogP contribution in [0.2, 0.25) is 0 Å². The normalized spacial score (nSPS) is 19.9. The van der Waals surface area contributed by atoms with Crippen molar-refractivity contribution in [1.82, 2.24) is 10.3 Å². The number of nitrogens with zero attached hydrogens (tertiary/aromatic N) is 1. The minimum atomic E-state index is -0.751. The molecule has 0 bridgehead atoms. The molecular weight excluding hydrogens is 378 g/mol. The van der Waals surface area contributed by atoms with Crippen molar-refractivity contribution in [2.24, 2.45) is 5.73 Å². The number of carbonyl (C=O) groups excluding carboxylic acids is 1. The van der Waals surface area contributed by atoms with E-state index in [1.54, 1.807) is 6.07 Å². The number of primary amides is 1. The third kappa shape index (κ3) is 3.76. The summed E-state index contributed by atoms with van der Waals surface area (Å²) < 4.78 is 6.16. The minimum Gasteiger partial charge on any atom is -0.485 e. The summed E-state index contributed by atoms with van der Waals surface area (Å²) in [5.41, 5.74) is 8.54. The van der Waals surface area contributed by atoms with Crippen molar-refractivity contribution in [3.8, 4) is 5.75 Å². The van der Waals surface area contributed by atoms with E-state index in [2.05, 4.69) is 22.4 Å². The molecule has 0 saturated heterocycles. The van der Waals surface area contributed by atoms with E-state index in [4.69, 9.17) is 10.5 Å². The first-order chi connectivity index (χ1) is 14.3. The molecule has 1 aromatic heterocycles. The standard InChI is InChI=1S/C24H27N3O3/c1-14-11-19(23(25)29)27-18-12-17-20(13-16(14)18)30-24(2,3)22(28)21(17)26-10-9-15-7-5-4-6-8-15/h4-8,11-13,21-22,26,28H,9-10H2,1-3H3,(H2,25,29). The SMILES string of the molecule is Cc1cc(C(N)=O)nc2cc3c(cc12)OC(C)(C)C(O)C3NCCc1ccccc1. The molecule has 1 amide bonds. The Morgan fingerprint density at radius 3 is 2.67 bits per heavy atom. The number of amides is 1. The molecule has 6 heteroatoms. The zero-order chi connectivity index (χ0) is 21.5. The van der Waals surface area contributed by atoms with Crippen LogP contribution in [0.1, 0.15) is 47.1 Å². The van der Waals surface area contributed by atoms with Crippen molar-refractivity contribution in [3.05, 3.63) is 70.9 Å². The fraction of sp³-hybridized carbons (Fsp3) is 0.333. The Labute approximate surface area is 176 Å². The van der Waals surface area contributed by atoms with Crippen molar-refractivity contribution in [1.29, 1.82) is 0 Å². The molecule has 3 aromatic rings. The molecule has 4 rings (SSSR count). The van der Waals surface area contributed by atoms with Gasteiger partial charge >= 0.3 is 0 Å². The first kappa shape index (κ1) is 20.3. The van der Waals surface area contributed by atoms with Gasteiger partial charge in [-0.1, -0.05) is 30.3 Å². The predicted octanol–water partition coefficient (Wildman–Crippen LogP) is 3.05. The maximum Gasteiger partial charge on any atom is 0.267 e. The maximum absolute atomic E-state index is 11.6. The number of carbonyl (C=O) groups is 1. The van der Waals surface area contributed by atoms with Crippen molar-refractivity contribution < 1.29 is 14.6 Å². The van der Waals surface area contributed by atoms with E-state index in [1.165, 1.54) is 5.56 Å². The van der Waals surface area contributed by atoms with Crippen LogP contribution >= 0.6 is 0 Å². The fourth-order valence-electron chi connectivity index (χ4n) is 4.05. The van der Waals surface area contributed by atoms with Gasteiger partial charge in [0.05, 0.1) is 11.6 Å². The molecule has 2 unspecified atom stereocenters. The van der Waals surface area contributed by atoms with Gasteiger partial charge in [0.15, 0.2) is 0 Å². The van der Waals surface area contributed by atoms with Gasteiger partial charge in [0.1, 0.15) is 23.1 Å². The smallest absolute Gasteiger partial charge is 0.267 e. The number of pyridine rings is 1. The Balaban J connectivity index is 1.71. The van der Waals surface area contributed by atoms with Crippen LogP contribution in [0.15, 0.2) is 48.5 Å². The van der Waals surface area contributed by atoms with Gasteiger partial charge in [-0.3, -0.25) is 4.79 Å². The number of nitrogens with two attached hydrogens (primary N) is 1. The number of aliphatic hydroxyl groups excluding tert-OH is 1. The molecule has 0 spiro atoms. The molecule has 2 atom stereocenters. The number of rotatable bonds is 5. The second-order valence-electron chi connectivity index (χ2n) is 8.41. The molecule has 1 aliphatic heterocycles. The van der Waals surface area contributed by atoms with Gasteiger partial charge in [-0.25, -0.2) is 4.98 Å². The Morgan fingerprint density at radius 2 is 1.97 bits per heavy atom. The number of nitrogens with one attached hydrogen (secondary N) is 1. The van der Waals surface area contributed by atoms with Crippen LogP contribution in [0.5, 0.6) is 5.75 Å². The van der Waals surface area contributed by atoms with Gasteiger partial charge in [-0.15, -0.1) is 0 Å². The van der Waals surface area contributed by atoms with E-state index >= 15 is 0 Å². The lowest BCUT2D eigenvalue weighted by Crippen LogP contribution is -2.52. The quantitative estimate of drug-likeness (QED) is 0.606. The van der Waals surface area contributed by atoms with Crippen molar-refractivity contribution in [2.75, 3.05) is 6.54 Å². The topological polar surface area (TPSA) is 97.5 Å². The summed E-state index contributed by atoms with van der Waals surface area (Å²) in [5.74, 6) is 0.152. The highest BCUT2D eigenvalue weighted by Crippen LogP contribution is 2.42. The Morgan fingerprint density at radius 1 is 1.23 bits per heavy atom. The highest BCUT2D eigenvalue weighted by Gasteiger charge is 2.43. The first-order valence-corrected chi connectivity index (χ1v) is 10.2. The van der Waals surface area contributed by atoms with Crippen LogP contribution in [0.3, 0.4) is 0 Å². The zero-order valence-corrected chi connectivity index (χ0v) is 17.5. The number of aryl methyl sites for hydroxylation is 1. The van der Waals surface area contributed by atoms with Crippen LogP contribution < -0.4 is 15.8 Å². The van der Waals surface area contributed by atoms with E-state index < -0.39 is 17.6 Å². The van der Waals surface area contributed by atoms with E-state index in [1.807, 2.05) is 51.1 Å². The Kier molecular flexibility index (Phi) is 5.22. The van der Waals surface area contributed by atoms with E-state index in [0.29, 0.717) is 17.8 Å². The monoisotopic (exact) mass is 405 g/mol. The second-order valence-corrected chi connectivity index (χ2v) is 8.41. The molecule has 0 fully saturated rings. The van der Waals surface area contributed by atoms with Gasteiger partial charge in [0.25, 0.3) is 5.91 Å². The van der Waals surface area contributed by atoms with Gasteiger partial charge < -0.3 is 20.9 Å². The van der Waals surface area contributed by atoms with Crippen LogP contribution in [0.25, 0.3) is 10.9 Å². The molecular formula is C24H27N3O3. The van der Waals surface area contributed by atoms with Crippen LogP contribution in [0.4, 0.5) is 0 Å². The van der Waals surface area contributed by atoms with Crippen LogP contribution in [0, 0.1) is 6.92 Å². The fourth-order valence-corrected chi connectivity index (χ4v) is 4.05. The molecule has 6 nitrogen and oxygen atoms in total. The van der Waals surface area contributed by atoms with E-state index in [9.17, 15) is 9.90 Å². The number of benzene rings is 2. The molecule has 1 aliphatic rings. The maximum atomic E-state index is 11.6. The van der Waals surface area contributed by atoms with Gasteiger partial charge in [-0.2, -0.15) is 0 Å². The highest BCUT2D eigenvalue weighted by atomic mass is 16.5. The van der Waals surface area contributed by atoms with Gasteiger partial charge in [0, 0.05) is 10.9 Å². The van der Waals surface area contributed by atoms with Gasteiger partial charge in [0.2, 0.25) is 0 Å². The highest BCUT2D eigenvalue weighted by molar-refractivity contribution is 5.95. The number of aromatic nitrogens is 1. The Hall–Kier alpha value is -2.96. The molecule has 30 heavy (non-hydrogen) atoms. The summed E-state index contributed by atoms with van der Waals surface area (Å²) in [4.78, 5) is 16.1. The summed E-state index contributed by atoms with van der Waals surface area (Å²) in [6.45, 7) is 6.39. The largest absolute Gasteiger partial charge is 0.485 e. The lowest BCUT2D eigenvalue weighted by molar-refractivity contribution is -0.0642. The third-order valence-electron chi connectivity index (χ3n) is 5.76. The summed E-state index contributed by atoms with van der Waals surface area (Å²) in [7, 11) is 0. The predicted molar refractivity (Wildman–Crippen MR) is 117 cm³/mol. The number of hydrogen-bond donors (Lipinski definition) is 3. The number of aliphatic hydroxyl groups is 1. The average molecular weight is 405 g/mol. The van der Waals surface area contributed by atoms with Crippen molar-refractivity contribution in [2.45, 2.75) is 44.9 Å². The first-order valence-electron chi connectivity index (χ1n) is 10.2. The summed E-state index contributed by atoms with van der Waals surface area (Å²) in [6.07, 6.45) is 0.0934. The lowest BCUT2D eigenvalue weighted by Gasteiger charge is -2.42. The van der Waals surface area contributed by atoms with Crippen molar-refractivity contribution >= 4 is 16.8 Å². The Bertz CT molecular complexity index is 1100.